The summed E-state index contributed by atoms with van der Waals surface area (Å²) in [4.78, 5) is 0. The molecule has 0 aromatic heterocycles. The minimum atomic E-state index is -0.0642. The Morgan fingerprint density at radius 1 is 0.667 bits per heavy atom. The fourth-order valence-electron chi connectivity index (χ4n) is 2.78. The molecule has 0 aliphatic carbocycles. The predicted molar refractivity (Wildman–Crippen MR) is 118 cm³/mol. The predicted octanol–water partition coefficient (Wildman–Crippen LogP) is 3.27. The lowest BCUT2D eigenvalue weighted by Crippen LogP contribution is -2.19. The monoisotopic (exact) mass is 427 g/mol. The molecule has 0 amide bonds. The van der Waals surface area contributed by atoms with E-state index in [2.05, 4.69) is 0 Å². The molecule has 0 fully saturated rings. The molecular formula is C19H43NO5P2. The van der Waals surface area contributed by atoms with Gasteiger partial charge in [-0.05, 0) is 43.9 Å². The molecule has 164 valence electrons. The van der Waals surface area contributed by atoms with E-state index in [4.69, 9.17) is 29.4 Å². The van der Waals surface area contributed by atoms with E-state index < -0.39 is 0 Å². The van der Waals surface area contributed by atoms with Crippen molar-refractivity contribution in [1.82, 2.24) is 0 Å². The van der Waals surface area contributed by atoms with Crippen LogP contribution in [0, 0.1) is 0 Å². The average molecular weight is 428 g/mol. The summed E-state index contributed by atoms with van der Waals surface area (Å²) >= 11 is 0. The molecule has 0 heterocycles. The van der Waals surface area contributed by atoms with Crippen LogP contribution >= 0.6 is 17.2 Å². The first-order valence-corrected chi connectivity index (χ1v) is 12.9. The van der Waals surface area contributed by atoms with Crippen LogP contribution in [0.2, 0.25) is 0 Å². The van der Waals surface area contributed by atoms with Crippen LogP contribution in [0.25, 0.3) is 0 Å². The van der Waals surface area contributed by atoms with E-state index >= 15 is 0 Å². The Labute approximate surface area is 170 Å². The van der Waals surface area contributed by atoms with E-state index in [-0.39, 0.29) is 12.6 Å². The maximum absolute atomic E-state index is 5.95. The standard InChI is InChI=1S/C19H43NO5P2/c1-21-18(22-2)9-15-26-13-6-5-7-17(25-12-11-20)8-14-27-16-10-19(23-3)24-4/h17-19,26-27H,5-16,20H2,1-4H3. The lowest BCUT2D eigenvalue weighted by molar-refractivity contribution is -0.102. The van der Waals surface area contributed by atoms with Crippen molar-refractivity contribution < 1.29 is 23.7 Å². The summed E-state index contributed by atoms with van der Waals surface area (Å²) in [7, 11) is 8.72. The first-order chi connectivity index (χ1) is 13.2. The van der Waals surface area contributed by atoms with Gasteiger partial charge >= 0.3 is 0 Å². The Morgan fingerprint density at radius 3 is 1.70 bits per heavy atom. The normalized spacial score (nSPS) is 13.9. The molecule has 0 saturated heterocycles. The van der Waals surface area contributed by atoms with E-state index in [0.29, 0.717) is 19.3 Å². The number of hydrogen-bond acceptors (Lipinski definition) is 6. The van der Waals surface area contributed by atoms with E-state index in [1.54, 1.807) is 28.4 Å². The summed E-state index contributed by atoms with van der Waals surface area (Å²) in [6.07, 6.45) is 11.8. The first kappa shape index (κ1) is 27.6. The minimum Gasteiger partial charge on any atom is -0.377 e. The van der Waals surface area contributed by atoms with Crippen molar-refractivity contribution in [2.75, 3.05) is 66.2 Å². The maximum Gasteiger partial charge on any atom is 0.157 e. The average Bonchev–Trinajstić information content (AvgIpc) is 2.70. The summed E-state index contributed by atoms with van der Waals surface area (Å²) < 4.78 is 26.8. The van der Waals surface area contributed by atoms with Crippen molar-refractivity contribution in [1.29, 1.82) is 0 Å². The van der Waals surface area contributed by atoms with Gasteiger partial charge in [0, 0.05) is 47.8 Å². The van der Waals surface area contributed by atoms with Crippen LogP contribution in [0.3, 0.4) is 0 Å². The molecule has 8 heteroatoms. The van der Waals surface area contributed by atoms with Crippen molar-refractivity contribution in [2.45, 2.75) is 57.2 Å². The minimum absolute atomic E-state index is 0.0459. The van der Waals surface area contributed by atoms with E-state index in [0.717, 1.165) is 49.0 Å². The second-order valence-electron chi connectivity index (χ2n) is 6.45. The van der Waals surface area contributed by atoms with Crippen molar-refractivity contribution >= 4 is 17.2 Å². The van der Waals surface area contributed by atoms with Gasteiger partial charge in [-0.25, -0.2) is 0 Å². The Bertz CT molecular complexity index is 295. The fourth-order valence-corrected chi connectivity index (χ4v) is 5.19. The Balaban J connectivity index is 3.74. The van der Waals surface area contributed by atoms with Gasteiger partial charge in [0.1, 0.15) is 0 Å². The van der Waals surface area contributed by atoms with Gasteiger partial charge in [-0.1, -0.05) is 6.42 Å². The van der Waals surface area contributed by atoms with E-state index in [1.807, 2.05) is 0 Å². The summed E-state index contributed by atoms with van der Waals surface area (Å²) in [6, 6.07) is 0. The molecule has 0 saturated carbocycles. The molecule has 3 unspecified atom stereocenters. The third kappa shape index (κ3) is 17.2. The second-order valence-corrected chi connectivity index (χ2v) is 9.45. The Kier molecular flexibility index (Phi) is 21.8. The molecule has 0 rings (SSSR count). The van der Waals surface area contributed by atoms with Crippen LogP contribution in [0.15, 0.2) is 0 Å². The Morgan fingerprint density at radius 2 is 1.19 bits per heavy atom. The summed E-state index contributed by atoms with van der Waals surface area (Å²) in [5.74, 6) is 0. The third-order valence-corrected chi connectivity index (χ3v) is 7.04. The lowest BCUT2D eigenvalue weighted by Gasteiger charge is -2.18. The molecule has 0 bridgehead atoms. The highest BCUT2D eigenvalue weighted by atomic mass is 31.1. The van der Waals surface area contributed by atoms with E-state index in [9.17, 15) is 0 Å². The maximum atomic E-state index is 5.95. The number of unbranched alkanes of at least 4 members (excludes halogenated alkanes) is 1. The fraction of sp³-hybridized carbons (Fsp3) is 1.00. The summed E-state index contributed by atoms with van der Waals surface area (Å²) in [5.41, 5.74) is 5.60. The van der Waals surface area contributed by atoms with Crippen LogP contribution in [0.1, 0.15) is 38.5 Å². The molecule has 0 aromatic rings. The molecule has 0 aromatic carbocycles. The third-order valence-electron chi connectivity index (χ3n) is 4.41. The quantitative estimate of drug-likeness (QED) is 0.172. The largest absolute Gasteiger partial charge is 0.377 e. The lowest BCUT2D eigenvalue weighted by atomic mass is 10.1. The van der Waals surface area contributed by atoms with Crippen LogP contribution in [0.5, 0.6) is 0 Å². The molecule has 2 N–H and O–H groups in total. The Hall–Kier alpha value is 0.620. The van der Waals surface area contributed by atoms with Crippen molar-refractivity contribution in [2.24, 2.45) is 5.73 Å². The van der Waals surface area contributed by atoms with Gasteiger partial charge in [0.2, 0.25) is 0 Å². The first-order valence-electron chi connectivity index (χ1n) is 10.1. The topological polar surface area (TPSA) is 72.2 Å². The van der Waals surface area contributed by atoms with Gasteiger partial charge in [-0.2, -0.15) is 0 Å². The molecule has 0 aliphatic rings. The highest BCUT2D eigenvalue weighted by Crippen LogP contribution is 2.21. The zero-order valence-corrected chi connectivity index (χ0v) is 19.8. The highest BCUT2D eigenvalue weighted by molar-refractivity contribution is 7.38. The van der Waals surface area contributed by atoms with Gasteiger partial charge in [0.15, 0.2) is 12.6 Å². The number of hydrogen-bond donors (Lipinski definition) is 1. The van der Waals surface area contributed by atoms with Crippen molar-refractivity contribution in [3.8, 4) is 0 Å². The summed E-state index contributed by atoms with van der Waals surface area (Å²) in [5, 5.41) is 0. The van der Waals surface area contributed by atoms with Gasteiger partial charge in [0.05, 0.1) is 12.7 Å². The van der Waals surface area contributed by atoms with Gasteiger partial charge in [0.25, 0.3) is 0 Å². The number of methoxy groups -OCH3 is 4. The van der Waals surface area contributed by atoms with Crippen LogP contribution in [-0.2, 0) is 23.7 Å². The molecule has 27 heavy (non-hydrogen) atoms. The number of rotatable bonds is 21. The van der Waals surface area contributed by atoms with Crippen LogP contribution in [0.4, 0.5) is 0 Å². The molecule has 6 nitrogen and oxygen atoms in total. The summed E-state index contributed by atoms with van der Waals surface area (Å²) in [6.45, 7) is 1.27. The highest BCUT2D eigenvalue weighted by Gasteiger charge is 2.10. The van der Waals surface area contributed by atoms with Crippen LogP contribution < -0.4 is 5.73 Å². The van der Waals surface area contributed by atoms with E-state index in [1.165, 1.54) is 31.3 Å². The van der Waals surface area contributed by atoms with Gasteiger partial charge in [-0.3, -0.25) is 0 Å². The molecule has 0 aliphatic heterocycles. The zero-order valence-electron chi connectivity index (χ0n) is 17.8. The number of nitrogens with two attached hydrogens (primary N) is 1. The van der Waals surface area contributed by atoms with Crippen LogP contribution in [-0.4, -0.2) is 84.9 Å². The molecular weight excluding hydrogens is 384 g/mol. The second kappa shape index (κ2) is 21.3. The zero-order chi connectivity index (χ0) is 20.2. The number of ether oxygens (including phenoxy) is 5. The van der Waals surface area contributed by atoms with Gasteiger partial charge in [-0.15, -0.1) is 17.2 Å². The smallest absolute Gasteiger partial charge is 0.157 e. The van der Waals surface area contributed by atoms with Gasteiger partial charge < -0.3 is 29.4 Å². The molecule has 3 atom stereocenters. The van der Waals surface area contributed by atoms with Crippen molar-refractivity contribution in [3.05, 3.63) is 0 Å². The SMILES string of the molecule is COC(CCPCCCCC(CCPCCC(OC)OC)OCCN)OC. The molecule has 0 spiro atoms. The van der Waals surface area contributed by atoms with Crippen molar-refractivity contribution in [3.63, 3.8) is 0 Å². The molecule has 0 radical (unpaired) electrons.